The zero-order valence-corrected chi connectivity index (χ0v) is 24.3. The molecule has 0 aliphatic carbocycles. The maximum atomic E-state index is 13.7. The van der Waals surface area contributed by atoms with Gasteiger partial charge < -0.3 is 19.3 Å². The highest BCUT2D eigenvalue weighted by atomic mass is 19.1. The van der Waals surface area contributed by atoms with Crippen LogP contribution in [-0.4, -0.2) is 18.3 Å². The molecule has 1 atom stereocenters. The first kappa shape index (κ1) is 30.6. The van der Waals surface area contributed by atoms with E-state index in [-0.39, 0.29) is 12.2 Å². The van der Waals surface area contributed by atoms with Gasteiger partial charge in [-0.25, -0.2) is 4.39 Å². The zero-order valence-electron chi connectivity index (χ0n) is 24.3. The van der Waals surface area contributed by atoms with Crippen LogP contribution < -0.4 is 14.2 Å². The summed E-state index contributed by atoms with van der Waals surface area (Å²) in [4.78, 5) is 0. The molecule has 5 nitrogen and oxygen atoms in total. The lowest BCUT2D eigenvalue weighted by molar-refractivity contribution is 0.0284. The van der Waals surface area contributed by atoms with Gasteiger partial charge in [0.15, 0.2) is 0 Å². The SMILES string of the molecule is CCCC(O)(CC#N)c1ccccc1OCCCOc1cc(OCc2ccccc2)c(-c2ccc(F)cc2)cc1CC. The maximum Gasteiger partial charge on any atom is 0.131 e. The van der Waals surface area contributed by atoms with Crippen LogP contribution in [0.5, 0.6) is 17.2 Å². The van der Waals surface area contributed by atoms with Crippen molar-refractivity contribution in [3.8, 4) is 34.4 Å². The van der Waals surface area contributed by atoms with E-state index in [9.17, 15) is 14.8 Å². The van der Waals surface area contributed by atoms with Crippen molar-refractivity contribution in [2.24, 2.45) is 0 Å². The van der Waals surface area contributed by atoms with E-state index in [0.717, 1.165) is 40.8 Å². The number of ether oxygens (including phenoxy) is 3. The maximum absolute atomic E-state index is 13.7. The Labute approximate surface area is 248 Å². The molecule has 4 rings (SSSR count). The lowest BCUT2D eigenvalue weighted by atomic mass is 9.86. The van der Waals surface area contributed by atoms with Gasteiger partial charge in [0, 0.05) is 23.6 Å². The number of para-hydroxylation sites is 1. The van der Waals surface area contributed by atoms with Gasteiger partial charge in [-0.15, -0.1) is 0 Å². The molecule has 6 heteroatoms. The standard InChI is InChI=1S/C36H38FNO4/c1-3-19-36(39,20-21-38)32-13-8-9-14-33(32)40-22-10-23-41-34-25-35(42-26-27-11-6-5-7-12-27)31(24-28(34)4-2)29-15-17-30(37)18-16-29/h5-9,11-18,24-25,39H,3-4,10,19-20,22-23,26H2,1-2H3. The van der Waals surface area contributed by atoms with Crippen LogP contribution in [0, 0.1) is 17.1 Å². The second-order valence-electron chi connectivity index (χ2n) is 10.3. The van der Waals surface area contributed by atoms with Crippen LogP contribution in [0.3, 0.4) is 0 Å². The molecule has 0 radical (unpaired) electrons. The smallest absolute Gasteiger partial charge is 0.131 e. The number of benzene rings is 4. The quantitative estimate of drug-likeness (QED) is 0.146. The second kappa shape index (κ2) is 15.0. The molecular weight excluding hydrogens is 529 g/mol. The summed E-state index contributed by atoms with van der Waals surface area (Å²) in [5.74, 6) is 1.69. The summed E-state index contributed by atoms with van der Waals surface area (Å²) in [5, 5.41) is 20.5. The fourth-order valence-corrected chi connectivity index (χ4v) is 4.99. The van der Waals surface area contributed by atoms with E-state index >= 15 is 0 Å². The van der Waals surface area contributed by atoms with Crippen molar-refractivity contribution in [3.05, 3.63) is 114 Å². The number of aliphatic hydroxyl groups is 1. The molecule has 42 heavy (non-hydrogen) atoms. The molecule has 0 aliphatic heterocycles. The highest BCUT2D eigenvalue weighted by Crippen LogP contribution is 2.38. The number of hydrogen-bond donors (Lipinski definition) is 1. The van der Waals surface area contributed by atoms with Gasteiger partial charge >= 0.3 is 0 Å². The molecule has 0 fully saturated rings. The number of nitrogens with zero attached hydrogens (tertiary/aromatic N) is 1. The van der Waals surface area contributed by atoms with Gasteiger partial charge in [0.1, 0.15) is 35.3 Å². The molecule has 0 aromatic heterocycles. The largest absolute Gasteiger partial charge is 0.493 e. The van der Waals surface area contributed by atoms with Gasteiger partial charge in [0.25, 0.3) is 0 Å². The minimum absolute atomic E-state index is 0.00666. The third-order valence-electron chi connectivity index (χ3n) is 7.16. The van der Waals surface area contributed by atoms with E-state index in [1.807, 2.05) is 67.6 Å². The summed E-state index contributed by atoms with van der Waals surface area (Å²) in [6.07, 6.45) is 2.60. The Morgan fingerprint density at radius 1 is 0.810 bits per heavy atom. The second-order valence-corrected chi connectivity index (χ2v) is 10.3. The molecular formula is C36H38FNO4. The van der Waals surface area contributed by atoms with Crippen molar-refractivity contribution in [2.75, 3.05) is 13.2 Å². The molecule has 4 aromatic rings. The topological polar surface area (TPSA) is 71.7 Å². The normalized spacial score (nSPS) is 12.3. The van der Waals surface area contributed by atoms with Crippen LogP contribution in [0.4, 0.5) is 4.39 Å². The van der Waals surface area contributed by atoms with Crippen molar-refractivity contribution in [2.45, 2.75) is 58.2 Å². The van der Waals surface area contributed by atoms with Crippen LogP contribution >= 0.6 is 0 Å². The fourth-order valence-electron chi connectivity index (χ4n) is 4.99. The fraction of sp³-hybridized carbons (Fsp3) is 0.306. The third-order valence-corrected chi connectivity index (χ3v) is 7.16. The summed E-state index contributed by atoms with van der Waals surface area (Å²) in [7, 11) is 0. The van der Waals surface area contributed by atoms with Crippen LogP contribution in [0.2, 0.25) is 0 Å². The molecule has 0 saturated heterocycles. The van der Waals surface area contributed by atoms with Gasteiger partial charge in [-0.05, 0) is 53.8 Å². The van der Waals surface area contributed by atoms with Crippen LogP contribution in [0.1, 0.15) is 56.2 Å². The van der Waals surface area contributed by atoms with Gasteiger partial charge in [-0.3, -0.25) is 0 Å². The third kappa shape index (κ3) is 7.90. The van der Waals surface area contributed by atoms with E-state index in [1.54, 1.807) is 12.1 Å². The number of aryl methyl sites for hydroxylation is 1. The minimum atomic E-state index is -1.24. The van der Waals surface area contributed by atoms with Crippen LogP contribution in [-0.2, 0) is 18.6 Å². The minimum Gasteiger partial charge on any atom is -0.493 e. The Morgan fingerprint density at radius 3 is 2.19 bits per heavy atom. The number of halogens is 1. The van der Waals surface area contributed by atoms with Gasteiger partial charge in [0.2, 0.25) is 0 Å². The predicted octanol–water partition coefficient (Wildman–Crippen LogP) is 8.38. The van der Waals surface area contributed by atoms with Crippen LogP contribution in [0.15, 0.2) is 91.0 Å². The zero-order chi connectivity index (χ0) is 29.8. The molecule has 0 spiro atoms. The van der Waals surface area contributed by atoms with E-state index in [2.05, 4.69) is 19.1 Å². The lowest BCUT2D eigenvalue weighted by Gasteiger charge is -2.27. The molecule has 0 amide bonds. The van der Waals surface area contributed by atoms with E-state index in [0.29, 0.717) is 49.7 Å². The summed E-state index contributed by atoms with van der Waals surface area (Å²) >= 11 is 0. The van der Waals surface area contributed by atoms with E-state index in [1.165, 1.54) is 12.1 Å². The average molecular weight is 568 g/mol. The monoisotopic (exact) mass is 567 g/mol. The number of nitriles is 1. The first-order valence-corrected chi connectivity index (χ1v) is 14.5. The van der Waals surface area contributed by atoms with E-state index < -0.39 is 5.60 Å². The van der Waals surface area contributed by atoms with Crippen molar-refractivity contribution in [3.63, 3.8) is 0 Å². The van der Waals surface area contributed by atoms with Crippen molar-refractivity contribution in [1.29, 1.82) is 5.26 Å². The Kier molecular flexibility index (Phi) is 11.0. The Morgan fingerprint density at radius 2 is 1.50 bits per heavy atom. The van der Waals surface area contributed by atoms with Crippen molar-refractivity contribution in [1.82, 2.24) is 0 Å². The highest BCUT2D eigenvalue weighted by molar-refractivity contribution is 5.73. The summed E-state index contributed by atoms with van der Waals surface area (Å²) < 4.78 is 32.2. The predicted molar refractivity (Wildman–Crippen MR) is 163 cm³/mol. The van der Waals surface area contributed by atoms with Crippen molar-refractivity contribution < 1.29 is 23.7 Å². The molecule has 0 bridgehead atoms. The summed E-state index contributed by atoms with van der Waals surface area (Å²) in [5.41, 5.74) is 3.21. The lowest BCUT2D eigenvalue weighted by Crippen LogP contribution is -2.26. The van der Waals surface area contributed by atoms with E-state index in [4.69, 9.17) is 14.2 Å². The molecule has 0 saturated carbocycles. The highest BCUT2D eigenvalue weighted by Gasteiger charge is 2.31. The first-order valence-electron chi connectivity index (χ1n) is 14.5. The Balaban J connectivity index is 1.47. The van der Waals surface area contributed by atoms with Gasteiger partial charge in [-0.1, -0.05) is 80.9 Å². The molecule has 4 aromatic carbocycles. The molecule has 0 aliphatic rings. The molecule has 1 N–H and O–H groups in total. The Bertz CT molecular complexity index is 1470. The summed E-state index contributed by atoms with van der Waals surface area (Å²) in [6.45, 7) is 5.25. The number of hydrogen-bond acceptors (Lipinski definition) is 5. The van der Waals surface area contributed by atoms with Gasteiger partial charge in [-0.2, -0.15) is 5.26 Å². The van der Waals surface area contributed by atoms with Gasteiger partial charge in [0.05, 0.1) is 25.7 Å². The van der Waals surface area contributed by atoms with Crippen LogP contribution in [0.25, 0.3) is 11.1 Å². The Hall–Kier alpha value is -4.34. The summed E-state index contributed by atoms with van der Waals surface area (Å²) in [6, 6.07) is 29.8. The van der Waals surface area contributed by atoms with Crippen molar-refractivity contribution >= 4 is 0 Å². The average Bonchev–Trinajstić information content (AvgIpc) is 3.01. The molecule has 0 heterocycles. The molecule has 218 valence electrons. The molecule has 1 unspecified atom stereocenters. The first-order chi connectivity index (χ1) is 20.5. The number of rotatable bonds is 15.